The van der Waals surface area contributed by atoms with Gasteiger partial charge in [-0.25, -0.2) is 19.7 Å². The number of hydrogen-bond donors (Lipinski definition) is 5. The average Bonchev–Trinajstić information content (AvgIpc) is 3.59. The first-order chi connectivity index (χ1) is 22.6. The van der Waals surface area contributed by atoms with Crippen molar-refractivity contribution in [3.63, 3.8) is 0 Å². The van der Waals surface area contributed by atoms with Crippen molar-refractivity contribution in [2.75, 3.05) is 25.6 Å². The van der Waals surface area contributed by atoms with E-state index in [-0.39, 0.29) is 36.6 Å². The number of hydrogen-bond acceptors (Lipinski definition) is 13. The molecule has 0 saturated carbocycles. The third kappa shape index (κ3) is 8.34. The maximum atomic E-state index is 14.3. The van der Waals surface area contributed by atoms with Crippen LogP contribution >= 0.6 is 7.67 Å². The molecule has 1 saturated heterocycles. The van der Waals surface area contributed by atoms with Crippen molar-refractivity contribution in [2.24, 2.45) is 11.8 Å². The van der Waals surface area contributed by atoms with Crippen molar-refractivity contribution in [1.29, 1.82) is 5.26 Å². The van der Waals surface area contributed by atoms with E-state index in [1.807, 2.05) is 27.7 Å². The number of fused-ring (bicyclic) bond motifs is 1. The highest BCUT2D eigenvalue weighted by Gasteiger charge is 2.65. The molecule has 2 aromatic rings. The van der Waals surface area contributed by atoms with E-state index in [0.29, 0.717) is 5.52 Å². The third-order valence-electron chi connectivity index (χ3n) is 9.12. The van der Waals surface area contributed by atoms with Crippen molar-refractivity contribution in [3.8, 4) is 6.07 Å². The lowest BCUT2D eigenvalue weighted by atomic mass is 9.80. The molecule has 0 radical (unpaired) electrons. The highest BCUT2D eigenvalue weighted by molar-refractivity contribution is 7.54. The van der Waals surface area contributed by atoms with Crippen molar-refractivity contribution in [2.45, 2.75) is 110 Å². The van der Waals surface area contributed by atoms with Gasteiger partial charge >= 0.3 is 19.6 Å². The number of nitrogen functional groups attached to an aromatic ring is 1. The Hall–Kier alpha value is -3.16. The van der Waals surface area contributed by atoms with Gasteiger partial charge in [0.05, 0.1) is 25.5 Å². The first-order valence-electron chi connectivity index (χ1n) is 16.3. The molecule has 1 fully saturated rings. The predicted octanol–water partition coefficient (Wildman–Crippen LogP) is 2.58. The van der Waals surface area contributed by atoms with Crippen LogP contribution in [0.15, 0.2) is 18.5 Å². The number of aromatic nitrogens is 3. The highest BCUT2D eigenvalue weighted by Crippen LogP contribution is 2.49. The largest absolute Gasteiger partial charge is 0.464 e. The minimum Gasteiger partial charge on any atom is -0.464 e. The lowest BCUT2D eigenvalue weighted by Gasteiger charge is -2.33. The Balaban J connectivity index is 1.85. The molecule has 0 bridgehead atoms. The van der Waals surface area contributed by atoms with Crippen LogP contribution in [0.25, 0.3) is 5.52 Å². The molecular formula is C31H50N7O9P. The van der Waals surface area contributed by atoms with Crippen LogP contribution in [0.3, 0.4) is 0 Å². The maximum Gasteiger partial charge on any atom is 0.342 e. The van der Waals surface area contributed by atoms with Gasteiger partial charge in [0.15, 0.2) is 11.4 Å². The molecule has 1 aliphatic heterocycles. The lowest BCUT2D eigenvalue weighted by Crippen LogP contribution is -2.52. The zero-order chi connectivity index (χ0) is 35.9. The zero-order valence-corrected chi connectivity index (χ0v) is 29.6. The quantitative estimate of drug-likeness (QED) is 0.0857. The number of nitrogens with one attached hydrogen (secondary N) is 2. The minimum atomic E-state index is -4.34. The normalized spacial score (nSPS) is 24.1. The summed E-state index contributed by atoms with van der Waals surface area (Å²) in [6.45, 7) is 11.9. The molecule has 6 N–H and O–H groups in total. The number of ether oxygens (including phenoxy) is 3. The number of nitriles is 1. The summed E-state index contributed by atoms with van der Waals surface area (Å²) in [5.74, 6) is -0.941. The number of rotatable bonds is 18. The van der Waals surface area contributed by atoms with Gasteiger partial charge in [-0.3, -0.25) is 14.2 Å². The van der Waals surface area contributed by atoms with Crippen molar-refractivity contribution < 1.29 is 43.1 Å². The summed E-state index contributed by atoms with van der Waals surface area (Å²) in [5, 5.41) is 42.2. The first kappa shape index (κ1) is 39.3. The van der Waals surface area contributed by atoms with Crippen LogP contribution in [0.5, 0.6) is 0 Å². The molecule has 17 heteroatoms. The summed E-state index contributed by atoms with van der Waals surface area (Å²) in [4.78, 5) is 29.7. The SMILES string of the molecule is CCC(CC)COC(=O)[C@H](C)NP(=O)(N[C@@H](C)C(=O)OCC(CC)CC)OC[C@H]1O[C@@](C)(c2ccc3c(N)ncnn23)[C@@](O)(C#N)[C@@H]1O. The van der Waals surface area contributed by atoms with Crippen molar-refractivity contribution in [1.82, 2.24) is 24.8 Å². The van der Waals surface area contributed by atoms with Gasteiger partial charge in [-0.2, -0.15) is 10.4 Å². The molecule has 16 nitrogen and oxygen atoms in total. The third-order valence-corrected chi connectivity index (χ3v) is 11.1. The number of esters is 2. The summed E-state index contributed by atoms with van der Waals surface area (Å²) in [6.07, 6.45) is 1.13. The van der Waals surface area contributed by atoms with Crippen LogP contribution in [0.2, 0.25) is 0 Å². The Bertz CT molecular complexity index is 1450. The van der Waals surface area contributed by atoms with Crippen LogP contribution < -0.4 is 15.9 Å². The van der Waals surface area contributed by atoms with Crippen LogP contribution in [0.4, 0.5) is 5.82 Å². The van der Waals surface area contributed by atoms with Gasteiger partial charge in [-0.05, 0) is 44.7 Å². The van der Waals surface area contributed by atoms with E-state index in [1.54, 1.807) is 12.1 Å². The lowest BCUT2D eigenvalue weighted by molar-refractivity contribution is -0.147. The fourth-order valence-corrected chi connectivity index (χ4v) is 7.29. The van der Waals surface area contributed by atoms with Crippen molar-refractivity contribution >= 4 is 30.9 Å². The molecular weight excluding hydrogens is 645 g/mol. The van der Waals surface area contributed by atoms with E-state index >= 15 is 0 Å². The van der Waals surface area contributed by atoms with Gasteiger partial charge in [0.1, 0.15) is 42.2 Å². The average molecular weight is 696 g/mol. The number of aliphatic hydroxyl groups excluding tert-OH is 1. The highest BCUT2D eigenvalue weighted by atomic mass is 31.2. The monoisotopic (exact) mass is 695 g/mol. The summed E-state index contributed by atoms with van der Waals surface area (Å²) in [5.41, 5.74) is 2.10. The molecule has 2 aromatic heterocycles. The van der Waals surface area contributed by atoms with Gasteiger partial charge < -0.3 is 34.7 Å². The predicted molar refractivity (Wildman–Crippen MR) is 175 cm³/mol. The second kappa shape index (κ2) is 16.5. The number of carbonyl (C=O) groups excluding carboxylic acids is 2. The molecule has 0 unspecified atom stereocenters. The van der Waals surface area contributed by atoms with E-state index in [9.17, 15) is 29.6 Å². The Morgan fingerprint density at radius 3 is 2.08 bits per heavy atom. The van der Waals surface area contributed by atoms with E-state index in [2.05, 4.69) is 20.3 Å². The standard InChI is InChI=1S/C31H50N7O9P/c1-8-21(9-2)14-44-28(40)19(5)36-48(43,37-20(6)29(41)45-15-22(10-3)11-4)46-16-24-26(39)31(42,17-32)30(7,47-24)25-13-12-23-27(33)34-18-35-38(23)25/h12-13,18-22,24,26,39,42H,8-11,14-16H2,1-7H3,(H2,33,34,35)(H2,36,37,43)/t19-,20-,24+,26+,30-,31+/m0/s1. The summed E-state index contributed by atoms with van der Waals surface area (Å²) < 4.78 is 38.4. The second-order valence-electron chi connectivity index (χ2n) is 12.3. The molecule has 3 heterocycles. The van der Waals surface area contributed by atoms with E-state index in [0.717, 1.165) is 25.7 Å². The zero-order valence-electron chi connectivity index (χ0n) is 28.7. The van der Waals surface area contributed by atoms with Crippen molar-refractivity contribution in [3.05, 3.63) is 24.2 Å². The molecule has 1 aliphatic rings. The van der Waals surface area contributed by atoms with Crippen LogP contribution in [0, 0.1) is 23.2 Å². The molecule has 48 heavy (non-hydrogen) atoms. The molecule has 3 rings (SSSR count). The Labute approximate surface area is 281 Å². The molecule has 0 aliphatic carbocycles. The molecule has 0 amide bonds. The number of anilines is 1. The number of nitrogens with two attached hydrogens (primary N) is 1. The van der Waals surface area contributed by atoms with Gasteiger partial charge in [0.25, 0.3) is 0 Å². The fourth-order valence-electron chi connectivity index (χ4n) is 5.48. The topological polar surface area (TPSA) is 233 Å². The molecule has 0 spiro atoms. The van der Waals surface area contributed by atoms with E-state index in [1.165, 1.54) is 37.7 Å². The smallest absolute Gasteiger partial charge is 0.342 e. The number of carbonyl (C=O) groups is 2. The minimum absolute atomic E-state index is 0.136. The van der Waals surface area contributed by atoms with Crippen LogP contribution in [-0.2, 0) is 38.5 Å². The number of aliphatic hydroxyl groups is 2. The first-order valence-corrected chi connectivity index (χ1v) is 18.0. The fraction of sp³-hybridized carbons (Fsp3) is 0.710. The van der Waals surface area contributed by atoms with Gasteiger partial charge in [-0.15, -0.1) is 0 Å². The Morgan fingerprint density at radius 2 is 1.60 bits per heavy atom. The van der Waals surface area contributed by atoms with Gasteiger partial charge in [0, 0.05) is 0 Å². The second-order valence-corrected chi connectivity index (χ2v) is 14.2. The van der Waals surface area contributed by atoms with E-state index in [4.69, 9.17) is 24.5 Å². The summed E-state index contributed by atoms with van der Waals surface area (Å²) in [7, 11) is -4.34. The summed E-state index contributed by atoms with van der Waals surface area (Å²) >= 11 is 0. The maximum absolute atomic E-state index is 14.3. The Morgan fingerprint density at radius 1 is 1.08 bits per heavy atom. The molecule has 0 aromatic carbocycles. The molecule has 6 atom stereocenters. The molecule has 268 valence electrons. The van der Waals surface area contributed by atoms with E-state index < -0.39 is 61.7 Å². The van der Waals surface area contributed by atoms with Gasteiger partial charge in [0.2, 0.25) is 5.60 Å². The van der Waals surface area contributed by atoms with Crippen LogP contribution in [-0.4, -0.2) is 86.5 Å². The number of nitrogens with zero attached hydrogens (tertiary/aromatic N) is 4. The summed E-state index contributed by atoms with van der Waals surface area (Å²) in [6, 6.07) is 2.54. The van der Waals surface area contributed by atoms with Crippen LogP contribution in [0.1, 0.15) is 79.8 Å². The Kier molecular flexibility index (Phi) is 13.5. The van der Waals surface area contributed by atoms with Gasteiger partial charge in [-0.1, -0.05) is 53.4 Å².